The third-order valence-electron chi connectivity index (χ3n) is 6.02. The van der Waals surface area contributed by atoms with E-state index in [-0.39, 0.29) is 11.3 Å². The Bertz CT molecular complexity index is 1570. The van der Waals surface area contributed by atoms with Crippen molar-refractivity contribution in [3.05, 3.63) is 70.0 Å². The van der Waals surface area contributed by atoms with Gasteiger partial charge in [-0.15, -0.1) is 0 Å². The summed E-state index contributed by atoms with van der Waals surface area (Å²) in [7, 11) is 0. The third kappa shape index (κ3) is 2.81. The van der Waals surface area contributed by atoms with Crippen LogP contribution in [0, 0.1) is 0 Å². The lowest BCUT2D eigenvalue weighted by molar-refractivity contribution is 0.0994. The van der Waals surface area contributed by atoms with Gasteiger partial charge in [-0.1, -0.05) is 25.1 Å². The second-order valence-corrected chi connectivity index (χ2v) is 8.18. The molecule has 1 N–H and O–H groups in total. The molecule has 32 heavy (non-hydrogen) atoms. The molecule has 0 bridgehead atoms. The topological polar surface area (TPSA) is 103 Å². The summed E-state index contributed by atoms with van der Waals surface area (Å²) in [6.07, 6.45) is 9.38. The number of fused-ring (bicyclic) bond motifs is 4. The van der Waals surface area contributed by atoms with Gasteiger partial charge in [-0.2, -0.15) is 5.10 Å². The third-order valence-corrected chi connectivity index (χ3v) is 6.02. The summed E-state index contributed by atoms with van der Waals surface area (Å²) < 4.78 is 5.35. The number of nitrogens with one attached hydrogen (secondary N) is 1. The van der Waals surface area contributed by atoms with Crippen molar-refractivity contribution in [2.45, 2.75) is 39.3 Å². The average molecular weight is 427 g/mol. The zero-order valence-corrected chi connectivity index (χ0v) is 17.6. The number of ketones is 1. The van der Waals surface area contributed by atoms with Crippen molar-refractivity contribution in [1.82, 2.24) is 33.7 Å². The normalized spacial score (nSPS) is 13.5. The number of carbonyl (C=O) groups is 1. The van der Waals surface area contributed by atoms with Crippen LogP contribution in [0.25, 0.3) is 28.3 Å². The number of imidazole rings is 2. The Labute approximate surface area is 182 Å². The Hall–Kier alpha value is -4.01. The number of benzene rings is 1. The molecule has 1 aliphatic carbocycles. The molecule has 0 amide bonds. The van der Waals surface area contributed by atoms with Crippen LogP contribution in [0.3, 0.4) is 0 Å². The molecule has 5 aromatic rings. The highest BCUT2D eigenvalue weighted by atomic mass is 16.1. The second kappa shape index (κ2) is 7.01. The number of aromatic amines is 1. The van der Waals surface area contributed by atoms with Crippen LogP contribution in [0.2, 0.25) is 0 Å². The molecule has 4 aromatic heterocycles. The Morgan fingerprint density at radius 2 is 2.09 bits per heavy atom. The van der Waals surface area contributed by atoms with Crippen molar-refractivity contribution >= 4 is 22.7 Å². The van der Waals surface area contributed by atoms with Crippen molar-refractivity contribution in [2.24, 2.45) is 0 Å². The van der Waals surface area contributed by atoms with E-state index in [9.17, 15) is 9.59 Å². The van der Waals surface area contributed by atoms with Crippen LogP contribution in [0.1, 0.15) is 41.3 Å². The molecule has 160 valence electrons. The van der Waals surface area contributed by atoms with Crippen LogP contribution in [0.5, 0.6) is 0 Å². The lowest BCUT2D eigenvalue weighted by Gasteiger charge is -2.05. The Balaban J connectivity index is 1.36. The maximum absolute atomic E-state index is 13.0. The molecule has 0 fully saturated rings. The predicted octanol–water partition coefficient (Wildman–Crippen LogP) is 2.82. The summed E-state index contributed by atoms with van der Waals surface area (Å²) in [5.41, 5.74) is 4.74. The maximum atomic E-state index is 13.0. The van der Waals surface area contributed by atoms with Gasteiger partial charge in [0.05, 0.1) is 18.3 Å². The summed E-state index contributed by atoms with van der Waals surface area (Å²) in [6, 6.07) is 5.99. The molecule has 0 saturated heterocycles. The second-order valence-electron chi connectivity index (χ2n) is 8.18. The minimum atomic E-state index is -0.126. The molecule has 0 atom stereocenters. The smallest absolute Gasteiger partial charge is 0.280 e. The predicted molar refractivity (Wildman–Crippen MR) is 119 cm³/mol. The van der Waals surface area contributed by atoms with Crippen LogP contribution in [-0.2, 0) is 19.5 Å². The monoisotopic (exact) mass is 427 g/mol. The van der Waals surface area contributed by atoms with E-state index in [0.717, 1.165) is 35.1 Å². The van der Waals surface area contributed by atoms with E-state index in [2.05, 4.69) is 26.1 Å². The summed E-state index contributed by atoms with van der Waals surface area (Å²) in [5, 5.41) is 4.48. The van der Waals surface area contributed by atoms with E-state index < -0.39 is 0 Å². The molecule has 6 rings (SSSR count). The summed E-state index contributed by atoms with van der Waals surface area (Å²) in [6.45, 7) is 3.21. The molecular weight excluding hydrogens is 406 g/mol. The molecule has 0 radical (unpaired) electrons. The number of Topliss-reactive ketones (excluding diaryl/α,β-unsaturated/α-hetero) is 1. The van der Waals surface area contributed by atoms with Gasteiger partial charge in [0.25, 0.3) is 5.56 Å². The number of aromatic nitrogens is 7. The fourth-order valence-corrected chi connectivity index (χ4v) is 4.50. The van der Waals surface area contributed by atoms with Crippen molar-refractivity contribution < 1.29 is 4.79 Å². The van der Waals surface area contributed by atoms with Crippen molar-refractivity contribution in [3.8, 4) is 11.4 Å². The zero-order chi connectivity index (χ0) is 21.8. The number of hydrogen-bond donors (Lipinski definition) is 1. The van der Waals surface area contributed by atoms with Crippen molar-refractivity contribution in [1.29, 1.82) is 0 Å². The minimum Gasteiger partial charge on any atom is -0.332 e. The Morgan fingerprint density at radius 1 is 1.19 bits per heavy atom. The minimum absolute atomic E-state index is 0.126. The van der Waals surface area contributed by atoms with E-state index in [1.165, 1.54) is 0 Å². The number of carbonyl (C=O) groups excluding carboxylic acids is 1. The number of rotatable bonds is 5. The van der Waals surface area contributed by atoms with Gasteiger partial charge >= 0.3 is 0 Å². The van der Waals surface area contributed by atoms with E-state index in [4.69, 9.17) is 0 Å². The standard InChI is InChI=1S/C23H21N7O2/c1-2-8-30-22(32)19-21(29-9-7-24-23(29)30)27-20(26-19)16-11-25-28(13-16)12-14-3-5-17-15(10-14)4-6-18(17)31/h3,5,7,9-11,13H,2,4,6,8,12H2,1H3,(H,26,27). The maximum Gasteiger partial charge on any atom is 0.280 e. The molecule has 0 aliphatic heterocycles. The van der Waals surface area contributed by atoms with Gasteiger partial charge < -0.3 is 4.98 Å². The van der Waals surface area contributed by atoms with Crippen molar-refractivity contribution in [3.63, 3.8) is 0 Å². The molecular formula is C23H21N7O2. The van der Waals surface area contributed by atoms with Gasteiger partial charge in [0.2, 0.25) is 5.78 Å². The Kier molecular flexibility index (Phi) is 4.11. The number of nitrogens with zero attached hydrogens (tertiary/aromatic N) is 6. The fraction of sp³-hybridized carbons (Fsp3) is 0.261. The van der Waals surface area contributed by atoms with Crippen LogP contribution < -0.4 is 5.56 Å². The number of H-pyrrole nitrogens is 1. The number of hydrogen-bond acceptors (Lipinski definition) is 5. The highest BCUT2D eigenvalue weighted by Crippen LogP contribution is 2.24. The zero-order valence-electron chi connectivity index (χ0n) is 17.6. The molecule has 0 saturated carbocycles. The van der Waals surface area contributed by atoms with Crippen LogP contribution in [0.15, 0.2) is 47.8 Å². The first-order chi connectivity index (χ1) is 15.6. The molecule has 9 nitrogen and oxygen atoms in total. The van der Waals surface area contributed by atoms with Gasteiger partial charge in [-0.3, -0.25) is 23.2 Å². The van der Waals surface area contributed by atoms with Crippen LogP contribution in [0.4, 0.5) is 0 Å². The van der Waals surface area contributed by atoms with E-state index in [0.29, 0.717) is 42.3 Å². The average Bonchev–Trinajstić information content (AvgIpc) is 3.57. The Morgan fingerprint density at radius 3 is 2.97 bits per heavy atom. The van der Waals surface area contributed by atoms with Gasteiger partial charge in [0, 0.05) is 37.1 Å². The highest BCUT2D eigenvalue weighted by Gasteiger charge is 2.20. The van der Waals surface area contributed by atoms with Crippen molar-refractivity contribution in [2.75, 3.05) is 0 Å². The molecule has 9 heteroatoms. The summed E-state index contributed by atoms with van der Waals surface area (Å²) in [4.78, 5) is 37.1. The lowest BCUT2D eigenvalue weighted by atomic mass is 10.1. The molecule has 1 aliphatic rings. The van der Waals surface area contributed by atoms with Crippen LogP contribution >= 0.6 is 0 Å². The van der Waals surface area contributed by atoms with E-state index in [1.807, 2.05) is 40.5 Å². The SMILES string of the molecule is CCCn1c(=O)c2[nH]c(-c3cnn(Cc4ccc5c(c4)CCC5=O)c3)nc2n2ccnc12. The summed E-state index contributed by atoms with van der Waals surface area (Å²) in [5.74, 6) is 1.41. The fourth-order valence-electron chi connectivity index (χ4n) is 4.50. The largest absolute Gasteiger partial charge is 0.332 e. The highest BCUT2D eigenvalue weighted by molar-refractivity contribution is 6.00. The molecule has 1 aromatic carbocycles. The van der Waals surface area contributed by atoms with E-state index >= 15 is 0 Å². The summed E-state index contributed by atoms with van der Waals surface area (Å²) >= 11 is 0. The molecule has 4 heterocycles. The first kappa shape index (κ1) is 18.7. The lowest BCUT2D eigenvalue weighted by Crippen LogP contribution is -2.23. The van der Waals surface area contributed by atoms with Gasteiger partial charge in [-0.25, -0.2) is 9.97 Å². The molecule has 0 unspecified atom stereocenters. The van der Waals surface area contributed by atoms with Gasteiger partial charge in [0.1, 0.15) is 5.82 Å². The van der Waals surface area contributed by atoms with Gasteiger partial charge in [0.15, 0.2) is 16.9 Å². The first-order valence-electron chi connectivity index (χ1n) is 10.8. The molecule has 0 spiro atoms. The van der Waals surface area contributed by atoms with Gasteiger partial charge in [-0.05, 0) is 24.0 Å². The quantitative estimate of drug-likeness (QED) is 0.465. The number of aryl methyl sites for hydroxylation is 2. The first-order valence-corrected chi connectivity index (χ1v) is 10.8. The van der Waals surface area contributed by atoms with E-state index in [1.54, 1.807) is 17.0 Å². The van der Waals surface area contributed by atoms with Crippen LogP contribution in [-0.4, -0.2) is 39.5 Å².